The minimum absolute atomic E-state index is 0.429. The van der Waals surface area contributed by atoms with Crippen LogP contribution in [0.2, 0.25) is 0 Å². The van der Waals surface area contributed by atoms with Crippen LogP contribution in [0.5, 0.6) is 0 Å². The van der Waals surface area contributed by atoms with Crippen molar-refractivity contribution in [1.82, 2.24) is 0 Å². The number of alkyl halides is 3. The monoisotopic (exact) mass is 272 g/mol. The molecule has 0 aliphatic rings. The summed E-state index contributed by atoms with van der Waals surface area (Å²) in [5.41, 5.74) is 0.900. The Balaban J connectivity index is 2.54. The Kier molecular flexibility index (Phi) is 4.89. The lowest BCUT2D eigenvalue weighted by Gasteiger charge is -2.17. The van der Waals surface area contributed by atoms with Crippen LogP contribution in [-0.2, 0) is 9.53 Å². The molecule has 7 heteroatoms. The number of carbonyl (C=O) groups is 1. The van der Waals surface area contributed by atoms with Gasteiger partial charge in [-0.2, -0.15) is 18.4 Å². The van der Waals surface area contributed by atoms with Crippen molar-refractivity contribution in [2.45, 2.75) is 6.18 Å². The highest BCUT2D eigenvalue weighted by Crippen LogP contribution is 2.16. The molecule has 4 nitrogen and oxygen atoms in total. The zero-order valence-electron chi connectivity index (χ0n) is 10.1. The molecule has 0 fully saturated rings. The van der Waals surface area contributed by atoms with Crippen molar-refractivity contribution in [3.8, 4) is 6.07 Å². The first-order chi connectivity index (χ1) is 8.83. The number of nitrogens with zero attached hydrogens (tertiary/aromatic N) is 2. The van der Waals surface area contributed by atoms with Crippen LogP contribution in [0.1, 0.15) is 5.56 Å². The second-order valence-corrected chi connectivity index (χ2v) is 3.72. The van der Waals surface area contributed by atoms with Gasteiger partial charge in [0.05, 0.1) is 11.6 Å². The third-order valence-electron chi connectivity index (χ3n) is 2.25. The van der Waals surface area contributed by atoms with E-state index in [-0.39, 0.29) is 0 Å². The fourth-order valence-electron chi connectivity index (χ4n) is 1.25. The van der Waals surface area contributed by atoms with Gasteiger partial charge in [-0.05, 0) is 24.3 Å². The van der Waals surface area contributed by atoms with E-state index in [0.717, 1.165) is 4.90 Å². The molecule has 1 aromatic rings. The summed E-state index contributed by atoms with van der Waals surface area (Å²) in [5.74, 6) is -0.603. The minimum atomic E-state index is -4.45. The van der Waals surface area contributed by atoms with Gasteiger partial charge in [0.1, 0.15) is 13.2 Å². The molecule has 0 N–H and O–H groups in total. The third kappa shape index (κ3) is 4.97. The van der Waals surface area contributed by atoms with Crippen LogP contribution in [0.25, 0.3) is 0 Å². The molecule has 0 aliphatic carbocycles. The van der Waals surface area contributed by atoms with Crippen molar-refractivity contribution in [2.24, 2.45) is 0 Å². The first-order valence-corrected chi connectivity index (χ1v) is 5.24. The summed E-state index contributed by atoms with van der Waals surface area (Å²) in [6.45, 7) is -2.12. The average molecular weight is 272 g/mol. The highest BCUT2D eigenvalue weighted by Gasteiger charge is 2.28. The van der Waals surface area contributed by atoms with E-state index in [2.05, 4.69) is 4.74 Å². The Labute approximate surface area is 108 Å². The van der Waals surface area contributed by atoms with Gasteiger partial charge in [-0.25, -0.2) is 0 Å². The smallest absolute Gasteiger partial charge is 0.362 e. The second-order valence-electron chi connectivity index (χ2n) is 3.72. The van der Waals surface area contributed by atoms with Crippen LogP contribution in [0, 0.1) is 11.3 Å². The van der Waals surface area contributed by atoms with E-state index in [1.54, 1.807) is 0 Å². The van der Waals surface area contributed by atoms with Crippen LogP contribution in [0.15, 0.2) is 24.3 Å². The lowest BCUT2D eigenvalue weighted by molar-refractivity contribution is -0.175. The van der Waals surface area contributed by atoms with Gasteiger partial charge in [0.15, 0.2) is 0 Å². The number of ether oxygens (including phenoxy) is 1. The number of amides is 1. The van der Waals surface area contributed by atoms with Gasteiger partial charge in [0.25, 0.3) is 5.91 Å². The molecule has 0 atom stereocenters. The molecule has 0 unspecified atom stereocenters. The van der Waals surface area contributed by atoms with Crippen molar-refractivity contribution in [3.05, 3.63) is 29.8 Å². The molecule has 0 saturated heterocycles. The number of hydrogen-bond acceptors (Lipinski definition) is 3. The van der Waals surface area contributed by atoms with Crippen molar-refractivity contribution < 1.29 is 22.7 Å². The molecule has 1 aromatic carbocycles. The molecular formula is C12H11F3N2O2. The Morgan fingerprint density at radius 2 is 1.95 bits per heavy atom. The van der Waals surface area contributed by atoms with Gasteiger partial charge in [-0.15, -0.1) is 0 Å². The van der Waals surface area contributed by atoms with Crippen LogP contribution in [-0.4, -0.2) is 32.3 Å². The maximum Gasteiger partial charge on any atom is 0.411 e. The van der Waals surface area contributed by atoms with Gasteiger partial charge in [-0.3, -0.25) is 4.79 Å². The summed E-state index contributed by atoms with van der Waals surface area (Å²) in [6.07, 6.45) is -4.45. The number of rotatable bonds is 4. The molecule has 0 aliphatic heterocycles. The molecule has 19 heavy (non-hydrogen) atoms. The summed E-state index contributed by atoms with van der Waals surface area (Å²) in [5, 5.41) is 8.61. The highest BCUT2D eigenvalue weighted by molar-refractivity contribution is 5.93. The summed E-state index contributed by atoms with van der Waals surface area (Å²) in [4.78, 5) is 12.7. The van der Waals surface area contributed by atoms with Crippen molar-refractivity contribution in [2.75, 3.05) is 25.2 Å². The van der Waals surface area contributed by atoms with E-state index in [4.69, 9.17) is 5.26 Å². The number of hydrogen-bond donors (Lipinski definition) is 0. The van der Waals surface area contributed by atoms with E-state index >= 15 is 0 Å². The zero-order chi connectivity index (χ0) is 14.5. The number of carbonyl (C=O) groups excluding carboxylic acids is 1. The van der Waals surface area contributed by atoms with Crippen LogP contribution in [0.4, 0.5) is 18.9 Å². The quantitative estimate of drug-likeness (QED) is 0.843. The number of likely N-dealkylation sites (N-methyl/N-ethyl adjacent to an activating group) is 1. The number of anilines is 1. The SMILES string of the molecule is CN(C(=O)COCC(F)(F)F)c1ccc(C#N)cc1. The maximum absolute atomic E-state index is 11.8. The largest absolute Gasteiger partial charge is 0.411 e. The maximum atomic E-state index is 11.8. The molecular weight excluding hydrogens is 261 g/mol. The summed E-state index contributed by atoms with van der Waals surface area (Å²) in [7, 11) is 1.42. The lowest BCUT2D eigenvalue weighted by atomic mass is 10.2. The third-order valence-corrected chi connectivity index (χ3v) is 2.25. The zero-order valence-corrected chi connectivity index (χ0v) is 10.1. The van der Waals surface area contributed by atoms with Crippen molar-refractivity contribution >= 4 is 11.6 Å². The van der Waals surface area contributed by atoms with Gasteiger partial charge >= 0.3 is 6.18 Å². The average Bonchev–Trinajstić information content (AvgIpc) is 2.36. The molecule has 0 heterocycles. The van der Waals surface area contributed by atoms with Gasteiger partial charge in [-0.1, -0.05) is 0 Å². The van der Waals surface area contributed by atoms with Crippen LogP contribution in [0.3, 0.4) is 0 Å². The first kappa shape index (κ1) is 15.0. The van der Waals surface area contributed by atoms with Gasteiger partial charge in [0, 0.05) is 12.7 Å². The Morgan fingerprint density at radius 1 is 1.37 bits per heavy atom. The predicted molar refractivity (Wildman–Crippen MR) is 61.4 cm³/mol. The number of nitriles is 1. The van der Waals surface area contributed by atoms with E-state index in [9.17, 15) is 18.0 Å². The van der Waals surface area contributed by atoms with Gasteiger partial charge in [0.2, 0.25) is 0 Å². The molecule has 1 rings (SSSR count). The summed E-state index contributed by atoms with van der Waals surface area (Å²) >= 11 is 0. The number of halogens is 3. The van der Waals surface area contributed by atoms with Crippen LogP contribution < -0.4 is 4.90 Å². The summed E-state index contributed by atoms with van der Waals surface area (Å²) in [6, 6.07) is 8.00. The first-order valence-electron chi connectivity index (χ1n) is 5.24. The Morgan fingerprint density at radius 3 is 2.42 bits per heavy atom. The topological polar surface area (TPSA) is 53.3 Å². The van der Waals surface area contributed by atoms with Crippen molar-refractivity contribution in [3.63, 3.8) is 0 Å². The van der Waals surface area contributed by atoms with E-state index in [0.29, 0.717) is 11.3 Å². The Bertz CT molecular complexity index is 477. The second kappa shape index (κ2) is 6.20. The standard InChI is InChI=1S/C12H11F3N2O2/c1-17(10-4-2-9(6-16)3-5-10)11(18)7-19-8-12(13,14)15/h2-5H,7-8H2,1H3. The Hall–Kier alpha value is -2.07. The van der Waals surface area contributed by atoms with E-state index in [1.807, 2.05) is 6.07 Å². The van der Waals surface area contributed by atoms with E-state index < -0.39 is 25.3 Å². The normalized spacial score (nSPS) is 10.9. The molecule has 0 saturated carbocycles. The summed E-state index contributed by atoms with van der Waals surface area (Å²) < 4.78 is 39.8. The van der Waals surface area contributed by atoms with Crippen LogP contribution >= 0.6 is 0 Å². The fourth-order valence-corrected chi connectivity index (χ4v) is 1.25. The minimum Gasteiger partial charge on any atom is -0.362 e. The predicted octanol–water partition coefficient (Wildman–Crippen LogP) is 2.10. The van der Waals surface area contributed by atoms with E-state index in [1.165, 1.54) is 31.3 Å². The van der Waals surface area contributed by atoms with Gasteiger partial charge < -0.3 is 9.64 Å². The molecule has 0 spiro atoms. The highest BCUT2D eigenvalue weighted by atomic mass is 19.4. The van der Waals surface area contributed by atoms with Crippen molar-refractivity contribution in [1.29, 1.82) is 5.26 Å². The molecule has 102 valence electrons. The molecule has 1 amide bonds. The molecule has 0 aromatic heterocycles. The fraction of sp³-hybridized carbons (Fsp3) is 0.333. The number of benzene rings is 1. The molecule has 0 bridgehead atoms. The lowest BCUT2D eigenvalue weighted by Crippen LogP contribution is -2.31. The molecule has 0 radical (unpaired) electrons.